The van der Waals surface area contributed by atoms with Crippen molar-refractivity contribution in [3.63, 3.8) is 0 Å². The number of rotatable bonds is 13. The monoisotopic (exact) mass is 533 g/mol. The number of amides is 3. The molecule has 7 nitrogen and oxygen atoms in total. The molecular formula is C29H47N3O4S. The van der Waals surface area contributed by atoms with E-state index in [1.165, 1.54) is 0 Å². The first-order chi connectivity index (χ1) is 17.6. The van der Waals surface area contributed by atoms with Crippen LogP contribution in [0.5, 0.6) is 0 Å². The molecule has 3 saturated heterocycles. The normalized spacial score (nSPS) is 31.8. The Morgan fingerprint density at radius 2 is 1.84 bits per heavy atom. The maximum Gasteiger partial charge on any atom is 0.247 e. The summed E-state index contributed by atoms with van der Waals surface area (Å²) in [7, 11) is 0. The van der Waals surface area contributed by atoms with Gasteiger partial charge in [0, 0.05) is 30.9 Å². The van der Waals surface area contributed by atoms with Crippen molar-refractivity contribution in [1.82, 2.24) is 14.7 Å². The van der Waals surface area contributed by atoms with Crippen LogP contribution in [0.2, 0.25) is 0 Å². The van der Waals surface area contributed by atoms with E-state index in [-0.39, 0.29) is 47.5 Å². The van der Waals surface area contributed by atoms with Crippen molar-refractivity contribution >= 4 is 29.5 Å². The highest BCUT2D eigenvalue weighted by atomic mass is 32.2. The molecule has 8 atom stereocenters. The van der Waals surface area contributed by atoms with Gasteiger partial charge in [-0.25, -0.2) is 0 Å². The molecule has 1 spiro atoms. The third kappa shape index (κ3) is 4.77. The van der Waals surface area contributed by atoms with Gasteiger partial charge in [-0.15, -0.1) is 24.9 Å². The van der Waals surface area contributed by atoms with Crippen LogP contribution in [0.25, 0.3) is 0 Å². The lowest BCUT2D eigenvalue weighted by Gasteiger charge is -2.43. The average Bonchev–Trinajstić information content (AvgIpc) is 3.45. The molecule has 2 bridgehead atoms. The summed E-state index contributed by atoms with van der Waals surface area (Å²) in [6.07, 6.45) is 5.85. The number of thioether (sulfide) groups is 1. The van der Waals surface area contributed by atoms with E-state index in [1.807, 2.05) is 39.5 Å². The minimum absolute atomic E-state index is 0.00107. The standard InChI is InChI=1S/C29H47N3O4S/c1-9-13-30(14-10-2)26(34)23-22-16-20(8)29(37-22)24(23)27(35)32(21(17-33)19(7)12-4)25(29)28(36)31(15-11-3)18(5)6/h9,11,18-25,33H,1,3,10,12-17H2,2,4-8H3/t19-,20?,21-,22-,23+,24-,25?,29?/m0/s1. The molecule has 3 fully saturated rings. The van der Waals surface area contributed by atoms with Crippen LogP contribution < -0.4 is 0 Å². The minimum Gasteiger partial charge on any atom is -0.394 e. The van der Waals surface area contributed by atoms with E-state index >= 15 is 0 Å². The molecule has 0 aromatic heterocycles. The van der Waals surface area contributed by atoms with E-state index in [4.69, 9.17) is 0 Å². The van der Waals surface area contributed by atoms with Crippen LogP contribution >= 0.6 is 11.8 Å². The van der Waals surface area contributed by atoms with Gasteiger partial charge in [0.15, 0.2) is 0 Å². The number of aliphatic hydroxyl groups is 1. The van der Waals surface area contributed by atoms with Gasteiger partial charge in [0.05, 0.1) is 29.2 Å². The van der Waals surface area contributed by atoms with Crippen molar-refractivity contribution in [2.45, 2.75) is 88.9 Å². The van der Waals surface area contributed by atoms with E-state index in [9.17, 15) is 19.5 Å². The Kier molecular flexibility index (Phi) is 9.60. The van der Waals surface area contributed by atoms with Gasteiger partial charge in [-0.3, -0.25) is 14.4 Å². The predicted molar refractivity (Wildman–Crippen MR) is 150 cm³/mol. The maximum atomic E-state index is 14.5. The Hall–Kier alpha value is -1.80. The second kappa shape index (κ2) is 11.9. The van der Waals surface area contributed by atoms with Crippen LogP contribution in [0.4, 0.5) is 0 Å². The number of nitrogens with zero attached hydrogens (tertiary/aromatic N) is 3. The molecule has 3 rings (SSSR count). The van der Waals surface area contributed by atoms with Crippen LogP contribution in [0.15, 0.2) is 25.3 Å². The van der Waals surface area contributed by atoms with Crippen LogP contribution in [-0.4, -0.2) is 91.9 Å². The van der Waals surface area contributed by atoms with Crippen molar-refractivity contribution in [3.8, 4) is 0 Å². The molecule has 3 unspecified atom stereocenters. The molecular weight excluding hydrogens is 486 g/mol. The summed E-state index contributed by atoms with van der Waals surface area (Å²) in [5.74, 6) is -1.19. The zero-order chi connectivity index (χ0) is 27.7. The number of fused-ring (bicyclic) bond motifs is 1. The van der Waals surface area contributed by atoms with Crippen molar-refractivity contribution in [2.75, 3.05) is 26.2 Å². The lowest BCUT2D eigenvalue weighted by molar-refractivity contribution is -0.148. The Labute approximate surface area is 227 Å². The summed E-state index contributed by atoms with van der Waals surface area (Å²) in [6.45, 7) is 21.1. The molecule has 3 aliphatic rings. The number of aliphatic hydroxyl groups excluding tert-OH is 1. The van der Waals surface area contributed by atoms with Gasteiger partial charge in [-0.2, -0.15) is 0 Å². The summed E-state index contributed by atoms with van der Waals surface area (Å²) in [6, 6.07) is -1.27. The summed E-state index contributed by atoms with van der Waals surface area (Å²) < 4.78 is -0.694. The summed E-state index contributed by atoms with van der Waals surface area (Å²) in [5, 5.41) is 10.5. The second-order valence-corrected chi connectivity index (χ2v) is 12.9. The fraction of sp³-hybridized carbons (Fsp3) is 0.759. The molecule has 0 aromatic carbocycles. The third-order valence-electron chi connectivity index (χ3n) is 8.93. The summed E-state index contributed by atoms with van der Waals surface area (Å²) in [4.78, 5) is 48.2. The highest BCUT2D eigenvalue weighted by molar-refractivity contribution is 8.02. The van der Waals surface area contributed by atoms with E-state index < -0.39 is 28.7 Å². The lowest BCUT2D eigenvalue weighted by atomic mass is 9.65. The lowest BCUT2D eigenvalue weighted by Crippen LogP contribution is -2.61. The first kappa shape index (κ1) is 29.8. The number of hydrogen-bond donors (Lipinski definition) is 1. The fourth-order valence-corrected chi connectivity index (χ4v) is 9.37. The Bertz CT molecular complexity index is 894. The summed E-state index contributed by atoms with van der Waals surface area (Å²) >= 11 is 1.70. The minimum atomic E-state index is -0.722. The molecule has 37 heavy (non-hydrogen) atoms. The molecule has 0 aromatic rings. The Morgan fingerprint density at radius 1 is 1.19 bits per heavy atom. The fourth-order valence-electron chi connectivity index (χ4n) is 6.97. The van der Waals surface area contributed by atoms with Crippen LogP contribution in [-0.2, 0) is 14.4 Å². The number of carbonyl (C=O) groups excluding carboxylic acids is 3. The van der Waals surface area contributed by atoms with E-state index in [2.05, 4.69) is 20.1 Å². The first-order valence-electron chi connectivity index (χ1n) is 14.0. The molecule has 0 aliphatic carbocycles. The predicted octanol–water partition coefficient (Wildman–Crippen LogP) is 3.58. The SMILES string of the molecule is C=CCN(CCC)C(=O)[C@@H]1[C@@H]2CC(C)C3(S2)C(C(=O)N(CC=C)C(C)C)N([C@@H](CO)[C@@H](C)CC)C(=O)[C@H]13. The average molecular weight is 534 g/mol. The largest absolute Gasteiger partial charge is 0.394 e. The van der Waals surface area contributed by atoms with Gasteiger partial charge >= 0.3 is 0 Å². The van der Waals surface area contributed by atoms with E-state index in [1.54, 1.807) is 33.7 Å². The van der Waals surface area contributed by atoms with Gasteiger partial charge in [0.1, 0.15) is 6.04 Å². The summed E-state index contributed by atoms with van der Waals surface area (Å²) in [5.41, 5.74) is 0. The van der Waals surface area contributed by atoms with E-state index in [0.717, 1.165) is 19.3 Å². The van der Waals surface area contributed by atoms with Gasteiger partial charge < -0.3 is 19.8 Å². The molecule has 3 amide bonds. The quantitative estimate of drug-likeness (QED) is 0.366. The maximum absolute atomic E-state index is 14.5. The molecule has 1 N–H and O–H groups in total. The van der Waals surface area contributed by atoms with Crippen molar-refractivity contribution in [1.29, 1.82) is 0 Å². The van der Waals surface area contributed by atoms with Crippen molar-refractivity contribution < 1.29 is 19.5 Å². The number of carbonyl (C=O) groups is 3. The smallest absolute Gasteiger partial charge is 0.247 e. The molecule has 0 radical (unpaired) electrons. The molecule has 3 aliphatic heterocycles. The topological polar surface area (TPSA) is 81.2 Å². The number of likely N-dealkylation sites (tertiary alicyclic amines) is 1. The molecule has 8 heteroatoms. The Balaban J connectivity index is 2.18. The second-order valence-electron chi connectivity index (χ2n) is 11.4. The van der Waals surface area contributed by atoms with Gasteiger partial charge in [0.25, 0.3) is 0 Å². The Morgan fingerprint density at radius 3 is 2.35 bits per heavy atom. The highest BCUT2D eigenvalue weighted by Crippen LogP contribution is 2.69. The van der Waals surface area contributed by atoms with Gasteiger partial charge in [-0.1, -0.05) is 46.3 Å². The first-order valence-corrected chi connectivity index (χ1v) is 14.9. The highest BCUT2D eigenvalue weighted by Gasteiger charge is 2.77. The number of hydrogen-bond acceptors (Lipinski definition) is 5. The van der Waals surface area contributed by atoms with Gasteiger partial charge in [0.2, 0.25) is 17.7 Å². The van der Waals surface area contributed by atoms with Gasteiger partial charge in [-0.05, 0) is 38.5 Å². The van der Waals surface area contributed by atoms with Crippen molar-refractivity contribution in [2.24, 2.45) is 23.7 Å². The zero-order valence-electron chi connectivity index (χ0n) is 23.6. The van der Waals surface area contributed by atoms with Crippen LogP contribution in [0.3, 0.4) is 0 Å². The zero-order valence-corrected chi connectivity index (χ0v) is 24.4. The third-order valence-corrected chi connectivity index (χ3v) is 11.0. The molecule has 3 heterocycles. The van der Waals surface area contributed by atoms with Crippen molar-refractivity contribution in [3.05, 3.63) is 25.3 Å². The van der Waals surface area contributed by atoms with Crippen LogP contribution in [0.1, 0.15) is 60.8 Å². The van der Waals surface area contributed by atoms with Crippen LogP contribution in [0, 0.1) is 23.7 Å². The van der Waals surface area contributed by atoms with E-state index in [0.29, 0.717) is 19.6 Å². The molecule has 0 saturated carbocycles. The molecule has 208 valence electrons.